The highest BCUT2D eigenvalue weighted by molar-refractivity contribution is 7.99. The summed E-state index contributed by atoms with van der Waals surface area (Å²) in [4.78, 5) is 15.4. The Morgan fingerprint density at radius 1 is 1.12 bits per heavy atom. The molecule has 0 fully saturated rings. The van der Waals surface area contributed by atoms with Crippen LogP contribution in [0.15, 0.2) is 66.0 Å². The molecular formula is C19H17N5OS. The number of thioether (sulfide) groups is 1. The normalized spacial score (nSPS) is 11.0. The van der Waals surface area contributed by atoms with E-state index in [0.717, 1.165) is 28.0 Å². The number of aromatic nitrogens is 4. The zero-order valence-electron chi connectivity index (χ0n) is 14.1. The predicted octanol–water partition coefficient (Wildman–Crippen LogP) is 3.69. The van der Waals surface area contributed by atoms with Crippen molar-refractivity contribution in [2.45, 2.75) is 5.16 Å². The van der Waals surface area contributed by atoms with Gasteiger partial charge in [-0.05, 0) is 18.2 Å². The lowest BCUT2D eigenvalue weighted by atomic mass is 10.1. The molecule has 0 unspecified atom stereocenters. The second-order valence-corrected chi connectivity index (χ2v) is 6.76. The van der Waals surface area contributed by atoms with Crippen molar-refractivity contribution in [3.05, 3.63) is 60.8 Å². The zero-order chi connectivity index (χ0) is 17.9. The molecule has 6 nitrogen and oxygen atoms in total. The van der Waals surface area contributed by atoms with Crippen molar-refractivity contribution in [2.75, 3.05) is 11.1 Å². The molecule has 0 atom stereocenters. The minimum Gasteiger partial charge on any atom is -0.360 e. The van der Waals surface area contributed by atoms with Crippen LogP contribution in [0.4, 0.5) is 5.69 Å². The molecule has 0 aliphatic heterocycles. The van der Waals surface area contributed by atoms with Crippen LogP contribution in [0.25, 0.3) is 22.3 Å². The maximum atomic E-state index is 12.1. The Kier molecular flexibility index (Phi) is 4.45. The van der Waals surface area contributed by atoms with Gasteiger partial charge in [0.25, 0.3) is 0 Å². The van der Waals surface area contributed by atoms with E-state index in [1.165, 1.54) is 11.8 Å². The second-order valence-electron chi connectivity index (χ2n) is 5.82. The number of carbonyl (C=O) groups is 1. The summed E-state index contributed by atoms with van der Waals surface area (Å²) >= 11 is 1.36. The van der Waals surface area contributed by atoms with Crippen LogP contribution in [0.2, 0.25) is 0 Å². The van der Waals surface area contributed by atoms with Gasteiger partial charge in [-0.1, -0.05) is 48.2 Å². The van der Waals surface area contributed by atoms with E-state index in [-0.39, 0.29) is 11.7 Å². The second kappa shape index (κ2) is 7.05. The molecule has 2 heterocycles. The van der Waals surface area contributed by atoms with Crippen LogP contribution < -0.4 is 5.32 Å². The average molecular weight is 363 g/mol. The molecule has 0 aliphatic rings. The number of anilines is 1. The Morgan fingerprint density at radius 3 is 2.73 bits per heavy atom. The summed E-state index contributed by atoms with van der Waals surface area (Å²) in [5, 5.41) is 13.2. The van der Waals surface area contributed by atoms with Gasteiger partial charge in [0.15, 0.2) is 11.0 Å². The van der Waals surface area contributed by atoms with Gasteiger partial charge in [-0.3, -0.25) is 4.79 Å². The van der Waals surface area contributed by atoms with Gasteiger partial charge >= 0.3 is 0 Å². The minimum atomic E-state index is -0.0714. The fourth-order valence-corrected chi connectivity index (χ4v) is 3.49. The fraction of sp³-hybridized carbons (Fsp3) is 0.105. The lowest BCUT2D eigenvalue weighted by Gasteiger charge is -2.05. The monoisotopic (exact) mass is 363 g/mol. The summed E-state index contributed by atoms with van der Waals surface area (Å²) < 4.78 is 1.91. The van der Waals surface area contributed by atoms with Gasteiger partial charge in [-0.15, -0.1) is 10.2 Å². The van der Waals surface area contributed by atoms with Crippen molar-refractivity contribution in [2.24, 2.45) is 7.05 Å². The van der Waals surface area contributed by atoms with Crippen molar-refractivity contribution in [3.63, 3.8) is 0 Å². The summed E-state index contributed by atoms with van der Waals surface area (Å²) in [6, 6.07) is 17.5. The number of hydrogen-bond donors (Lipinski definition) is 2. The Balaban J connectivity index is 1.48. The van der Waals surface area contributed by atoms with Crippen molar-refractivity contribution < 1.29 is 4.79 Å². The topological polar surface area (TPSA) is 75.6 Å². The molecule has 2 aromatic heterocycles. The molecular weight excluding hydrogens is 346 g/mol. The number of hydrogen-bond acceptors (Lipinski definition) is 4. The fourth-order valence-electron chi connectivity index (χ4n) is 2.78. The number of nitrogens with one attached hydrogen (secondary N) is 2. The Hall–Kier alpha value is -3.06. The Labute approximate surface area is 154 Å². The summed E-state index contributed by atoms with van der Waals surface area (Å²) in [6.07, 6.45) is 1.94. The maximum Gasteiger partial charge on any atom is 0.234 e. The van der Waals surface area contributed by atoms with E-state index in [2.05, 4.69) is 26.6 Å². The van der Waals surface area contributed by atoms with Gasteiger partial charge in [0.05, 0.1) is 5.75 Å². The standard InChI is InChI=1S/C19H17N5OS/c1-24-18(15-11-20-16-10-6-5-9-14(15)16)22-23-19(24)26-12-17(25)21-13-7-3-2-4-8-13/h2-11,20H,12H2,1H3,(H,21,25). The molecule has 0 spiro atoms. The van der Waals surface area contributed by atoms with E-state index in [1.807, 2.05) is 66.3 Å². The maximum absolute atomic E-state index is 12.1. The number of fused-ring (bicyclic) bond motifs is 1. The van der Waals surface area contributed by atoms with E-state index in [9.17, 15) is 4.79 Å². The smallest absolute Gasteiger partial charge is 0.234 e. The van der Waals surface area contributed by atoms with Crippen LogP contribution in [-0.4, -0.2) is 31.4 Å². The molecule has 26 heavy (non-hydrogen) atoms. The van der Waals surface area contributed by atoms with Crippen molar-refractivity contribution >= 4 is 34.3 Å². The molecule has 7 heteroatoms. The zero-order valence-corrected chi connectivity index (χ0v) is 15.0. The van der Waals surface area contributed by atoms with Gasteiger partial charge in [0.2, 0.25) is 5.91 Å². The molecule has 4 rings (SSSR count). The lowest BCUT2D eigenvalue weighted by molar-refractivity contribution is -0.113. The summed E-state index contributed by atoms with van der Waals surface area (Å²) in [6.45, 7) is 0. The first-order chi connectivity index (χ1) is 12.7. The highest BCUT2D eigenvalue weighted by Gasteiger charge is 2.15. The molecule has 2 N–H and O–H groups in total. The molecule has 1 amide bonds. The number of para-hydroxylation sites is 2. The lowest BCUT2D eigenvalue weighted by Crippen LogP contribution is -2.14. The molecule has 0 radical (unpaired) electrons. The van der Waals surface area contributed by atoms with Crippen LogP contribution in [-0.2, 0) is 11.8 Å². The Bertz CT molecular complexity index is 1050. The van der Waals surface area contributed by atoms with Crippen molar-refractivity contribution in [3.8, 4) is 11.4 Å². The molecule has 0 bridgehead atoms. The highest BCUT2D eigenvalue weighted by atomic mass is 32.2. The largest absolute Gasteiger partial charge is 0.360 e. The summed E-state index contributed by atoms with van der Waals surface area (Å²) in [5.41, 5.74) is 2.84. The minimum absolute atomic E-state index is 0.0714. The molecule has 0 saturated carbocycles. The summed E-state index contributed by atoms with van der Waals surface area (Å²) in [5.74, 6) is 0.973. The van der Waals surface area contributed by atoms with E-state index in [0.29, 0.717) is 5.16 Å². The Morgan fingerprint density at radius 2 is 1.88 bits per heavy atom. The SMILES string of the molecule is Cn1c(SCC(=O)Nc2ccccc2)nnc1-c1c[nH]c2ccccc12. The van der Waals surface area contributed by atoms with Gasteiger partial charge < -0.3 is 14.9 Å². The number of H-pyrrole nitrogens is 1. The van der Waals surface area contributed by atoms with Crippen LogP contribution in [0.1, 0.15) is 0 Å². The van der Waals surface area contributed by atoms with Crippen molar-refractivity contribution in [1.29, 1.82) is 0 Å². The molecule has 130 valence electrons. The van der Waals surface area contributed by atoms with Gasteiger partial charge in [0.1, 0.15) is 0 Å². The first-order valence-electron chi connectivity index (χ1n) is 8.16. The predicted molar refractivity (Wildman–Crippen MR) is 104 cm³/mol. The third-order valence-electron chi connectivity index (χ3n) is 4.05. The van der Waals surface area contributed by atoms with E-state index < -0.39 is 0 Å². The number of nitrogens with zero attached hydrogens (tertiary/aromatic N) is 3. The first kappa shape index (κ1) is 16.4. The highest BCUT2D eigenvalue weighted by Crippen LogP contribution is 2.29. The average Bonchev–Trinajstić information content (AvgIpc) is 3.24. The van der Waals surface area contributed by atoms with Crippen LogP contribution in [0.3, 0.4) is 0 Å². The third kappa shape index (κ3) is 3.21. The van der Waals surface area contributed by atoms with Crippen LogP contribution in [0.5, 0.6) is 0 Å². The molecule has 0 aliphatic carbocycles. The van der Waals surface area contributed by atoms with E-state index in [1.54, 1.807) is 0 Å². The van der Waals surface area contributed by atoms with Gasteiger partial charge in [0, 0.05) is 35.4 Å². The number of benzene rings is 2. The van der Waals surface area contributed by atoms with Crippen LogP contribution >= 0.6 is 11.8 Å². The molecule has 0 saturated heterocycles. The molecule has 4 aromatic rings. The number of aromatic amines is 1. The number of rotatable bonds is 5. The quantitative estimate of drug-likeness (QED) is 0.530. The van der Waals surface area contributed by atoms with Crippen molar-refractivity contribution in [1.82, 2.24) is 19.7 Å². The van der Waals surface area contributed by atoms with E-state index in [4.69, 9.17) is 0 Å². The number of amides is 1. The summed E-state index contributed by atoms with van der Waals surface area (Å²) in [7, 11) is 1.91. The van der Waals surface area contributed by atoms with E-state index >= 15 is 0 Å². The van der Waals surface area contributed by atoms with Gasteiger partial charge in [-0.25, -0.2) is 0 Å². The number of carbonyl (C=O) groups excluding carboxylic acids is 1. The third-order valence-corrected chi connectivity index (χ3v) is 5.08. The first-order valence-corrected chi connectivity index (χ1v) is 9.14. The molecule has 2 aromatic carbocycles. The van der Waals surface area contributed by atoms with Gasteiger partial charge in [-0.2, -0.15) is 0 Å². The van der Waals surface area contributed by atoms with Crippen LogP contribution in [0, 0.1) is 0 Å².